The molecule has 0 saturated carbocycles. The van der Waals surface area contributed by atoms with Crippen molar-refractivity contribution in [2.75, 3.05) is 18.5 Å². The van der Waals surface area contributed by atoms with E-state index in [9.17, 15) is 18.0 Å². The third-order valence-electron chi connectivity index (χ3n) is 3.26. The van der Waals surface area contributed by atoms with Gasteiger partial charge in [-0.3, -0.25) is 10.1 Å². The molecule has 3 aromatic rings. The van der Waals surface area contributed by atoms with Crippen LogP contribution in [0, 0.1) is 0 Å². The Bertz CT molecular complexity index is 967. The van der Waals surface area contributed by atoms with E-state index in [2.05, 4.69) is 20.4 Å². The summed E-state index contributed by atoms with van der Waals surface area (Å²) in [6, 6.07) is 10.9. The van der Waals surface area contributed by atoms with Crippen molar-refractivity contribution in [3.8, 4) is 11.5 Å². The molecule has 0 spiro atoms. The normalized spacial score (nSPS) is 11.4. The molecule has 2 N–H and O–H groups in total. The fourth-order valence-electron chi connectivity index (χ4n) is 2.19. The van der Waals surface area contributed by atoms with Gasteiger partial charge < -0.3 is 14.8 Å². The molecular weight excluding hydrogens is 419 g/mol. The van der Waals surface area contributed by atoms with Crippen LogP contribution in [0.25, 0.3) is 10.2 Å². The van der Waals surface area contributed by atoms with Crippen LogP contribution in [0.1, 0.15) is 0 Å². The number of para-hydroxylation sites is 1. The Morgan fingerprint density at radius 3 is 2.64 bits per heavy atom. The summed E-state index contributed by atoms with van der Waals surface area (Å²) >= 11 is 7.08. The molecule has 3 rings (SSSR count). The Kier molecular flexibility index (Phi) is 6.22. The molecule has 1 aromatic heterocycles. The second-order valence-corrected chi connectivity index (χ2v) is 6.82. The Labute approximate surface area is 166 Å². The molecule has 6 nitrogen and oxygen atoms in total. The van der Waals surface area contributed by atoms with Gasteiger partial charge >= 0.3 is 12.3 Å². The summed E-state index contributed by atoms with van der Waals surface area (Å²) in [6.45, 7) is 0.143. The minimum absolute atomic E-state index is 0.0421. The molecule has 148 valence electrons. The number of carbonyl (C=O) groups is 1. The number of ether oxygens (including phenoxy) is 2. The molecule has 0 fully saturated rings. The number of hydrogen-bond acceptors (Lipinski definition) is 7. The second kappa shape index (κ2) is 8.63. The summed E-state index contributed by atoms with van der Waals surface area (Å²) in [5, 5.41) is 6.21. The van der Waals surface area contributed by atoms with Crippen LogP contribution in [0.15, 0.2) is 42.5 Å². The van der Waals surface area contributed by atoms with Gasteiger partial charge in [-0.1, -0.05) is 41.1 Å². The number of hydrogen-bond donors (Lipinski definition) is 2. The molecule has 11 heteroatoms. The first-order valence-corrected chi connectivity index (χ1v) is 9.06. The molecule has 0 amide bonds. The van der Waals surface area contributed by atoms with Crippen LogP contribution in [-0.4, -0.2) is 30.5 Å². The van der Waals surface area contributed by atoms with Crippen LogP contribution in [0.3, 0.4) is 0 Å². The SMILES string of the molecule is O=C(CNCNc1nc2c(Cl)cc(OC(F)(F)F)cc2s1)Oc1ccccc1. The maximum absolute atomic E-state index is 12.4. The Morgan fingerprint density at radius 2 is 1.93 bits per heavy atom. The van der Waals surface area contributed by atoms with Gasteiger partial charge in [0, 0.05) is 12.1 Å². The van der Waals surface area contributed by atoms with Crippen molar-refractivity contribution in [1.29, 1.82) is 0 Å². The Balaban J connectivity index is 1.53. The van der Waals surface area contributed by atoms with Crippen molar-refractivity contribution in [2.45, 2.75) is 6.36 Å². The van der Waals surface area contributed by atoms with Crippen LogP contribution in [0.5, 0.6) is 11.5 Å². The van der Waals surface area contributed by atoms with Crippen molar-refractivity contribution in [3.05, 3.63) is 47.5 Å². The van der Waals surface area contributed by atoms with Gasteiger partial charge in [-0.2, -0.15) is 0 Å². The molecule has 0 aliphatic heterocycles. The van der Waals surface area contributed by atoms with Crippen LogP contribution in [0.4, 0.5) is 18.3 Å². The minimum Gasteiger partial charge on any atom is -0.426 e. The van der Waals surface area contributed by atoms with Crippen LogP contribution in [-0.2, 0) is 4.79 Å². The number of carbonyl (C=O) groups excluding carboxylic acids is 1. The van der Waals surface area contributed by atoms with Gasteiger partial charge in [0.1, 0.15) is 17.0 Å². The highest BCUT2D eigenvalue weighted by Gasteiger charge is 2.31. The molecule has 0 aliphatic rings. The summed E-state index contributed by atoms with van der Waals surface area (Å²) in [5.74, 6) is -0.434. The van der Waals surface area contributed by atoms with E-state index >= 15 is 0 Å². The fraction of sp³-hybridized carbons (Fsp3) is 0.176. The van der Waals surface area contributed by atoms with Crippen molar-refractivity contribution < 1.29 is 27.4 Å². The zero-order valence-corrected chi connectivity index (χ0v) is 15.6. The van der Waals surface area contributed by atoms with E-state index in [4.69, 9.17) is 16.3 Å². The molecule has 0 aliphatic carbocycles. The van der Waals surface area contributed by atoms with Gasteiger partial charge in [-0.15, -0.1) is 13.2 Å². The van der Waals surface area contributed by atoms with Crippen molar-refractivity contribution in [1.82, 2.24) is 10.3 Å². The third kappa shape index (κ3) is 5.72. The summed E-state index contributed by atoms with van der Waals surface area (Å²) in [5.41, 5.74) is 0.354. The van der Waals surface area contributed by atoms with E-state index in [1.54, 1.807) is 24.3 Å². The largest absolute Gasteiger partial charge is 0.573 e. The second-order valence-electron chi connectivity index (χ2n) is 5.39. The number of esters is 1. The molecule has 1 heterocycles. The minimum atomic E-state index is -4.80. The van der Waals surface area contributed by atoms with Crippen molar-refractivity contribution in [3.63, 3.8) is 0 Å². The predicted octanol–water partition coefficient (Wildman–Crippen LogP) is 4.41. The zero-order chi connectivity index (χ0) is 20.1. The quantitative estimate of drug-likeness (QED) is 0.250. The Morgan fingerprint density at radius 1 is 1.18 bits per heavy atom. The predicted molar refractivity (Wildman–Crippen MR) is 99.9 cm³/mol. The summed E-state index contributed by atoms with van der Waals surface area (Å²) in [6.07, 6.45) is -4.80. The van der Waals surface area contributed by atoms with Crippen molar-refractivity contribution >= 4 is 44.3 Å². The zero-order valence-electron chi connectivity index (χ0n) is 14.0. The van der Waals surface area contributed by atoms with E-state index in [-0.39, 0.29) is 18.2 Å². The molecule has 0 atom stereocenters. The number of rotatable bonds is 7. The maximum atomic E-state index is 12.4. The molecule has 2 aromatic carbocycles. The van der Waals surface area contributed by atoms with Crippen LogP contribution >= 0.6 is 22.9 Å². The molecule has 28 heavy (non-hydrogen) atoms. The van der Waals surface area contributed by atoms with Crippen LogP contribution in [0.2, 0.25) is 5.02 Å². The standard InChI is InChI=1S/C17H13ClF3N3O3S/c18-12-6-11(27-17(19,20)21)7-13-15(12)24-16(28-13)23-9-22-8-14(25)26-10-4-2-1-3-5-10/h1-7,22H,8-9H2,(H,23,24). The molecule has 0 radical (unpaired) electrons. The van der Waals surface area contributed by atoms with E-state index < -0.39 is 18.1 Å². The summed E-state index contributed by atoms with van der Waals surface area (Å²) in [4.78, 5) is 15.9. The lowest BCUT2D eigenvalue weighted by atomic mass is 10.3. The number of halogens is 4. The van der Waals surface area contributed by atoms with Gasteiger partial charge in [-0.05, 0) is 12.1 Å². The average Bonchev–Trinajstić information content (AvgIpc) is 3.01. The van der Waals surface area contributed by atoms with Gasteiger partial charge in [0.25, 0.3) is 0 Å². The fourth-order valence-corrected chi connectivity index (χ4v) is 3.42. The number of anilines is 1. The van der Waals surface area contributed by atoms with Gasteiger partial charge in [0.05, 0.1) is 22.9 Å². The average molecular weight is 432 g/mol. The van der Waals surface area contributed by atoms with E-state index in [0.29, 0.717) is 21.1 Å². The molecule has 0 saturated heterocycles. The van der Waals surface area contributed by atoms with Crippen LogP contribution < -0.4 is 20.1 Å². The lowest BCUT2D eigenvalue weighted by Gasteiger charge is -2.08. The first-order chi connectivity index (χ1) is 13.3. The lowest BCUT2D eigenvalue weighted by molar-refractivity contribution is -0.274. The van der Waals surface area contributed by atoms with E-state index in [1.807, 2.05) is 6.07 Å². The van der Waals surface area contributed by atoms with E-state index in [1.165, 1.54) is 6.07 Å². The number of alkyl halides is 3. The van der Waals surface area contributed by atoms with Gasteiger partial charge in [0.15, 0.2) is 5.13 Å². The highest BCUT2D eigenvalue weighted by Crippen LogP contribution is 2.36. The number of aromatic nitrogens is 1. The highest BCUT2D eigenvalue weighted by molar-refractivity contribution is 7.22. The topological polar surface area (TPSA) is 72.5 Å². The molecule has 0 bridgehead atoms. The smallest absolute Gasteiger partial charge is 0.426 e. The first kappa shape index (κ1) is 20.2. The van der Waals surface area contributed by atoms with Crippen molar-refractivity contribution in [2.24, 2.45) is 0 Å². The number of benzene rings is 2. The van der Waals surface area contributed by atoms with E-state index in [0.717, 1.165) is 17.4 Å². The van der Waals surface area contributed by atoms with Gasteiger partial charge in [-0.25, -0.2) is 4.98 Å². The number of nitrogens with zero attached hydrogens (tertiary/aromatic N) is 1. The lowest BCUT2D eigenvalue weighted by Crippen LogP contribution is -2.30. The summed E-state index contributed by atoms with van der Waals surface area (Å²) in [7, 11) is 0. The first-order valence-electron chi connectivity index (χ1n) is 7.86. The number of nitrogens with one attached hydrogen (secondary N) is 2. The Hall–Kier alpha value is -2.56. The molecule has 0 unspecified atom stereocenters. The third-order valence-corrected chi connectivity index (χ3v) is 4.51. The summed E-state index contributed by atoms with van der Waals surface area (Å²) < 4.78 is 46.5. The number of fused-ring (bicyclic) bond motifs is 1. The monoisotopic (exact) mass is 431 g/mol. The number of thiazole rings is 1. The maximum Gasteiger partial charge on any atom is 0.573 e. The molecular formula is C17H13ClF3N3O3S. The highest BCUT2D eigenvalue weighted by atomic mass is 35.5. The van der Waals surface area contributed by atoms with Gasteiger partial charge in [0.2, 0.25) is 0 Å².